The molecular formula is C15H21Cl2N3O4. The maximum absolute atomic E-state index is 12.6. The first-order valence-corrected chi connectivity index (χ1v) is 7.69. The van der Waals surface area contributed by atoms with Crippen LogP contribution in [0.1, 0.15) is 16.8 Å². The molecule has 0 spiro atoms. The van der Waals surface area contributed by atoms with Crippen LogP contribution in [-0.2, 0) is 4.79 Å². The highest BCUT2D eigenvalue weighted by molar-refractivity contribution is 6.32. The number of ether oxygens (including phenoxy) is 2. The highest BCUT2D eigenvalue weighted by atomic mass is 35.5. The number of primary amides is 1. The Morgan fingerprint density at radius 1 is 1.33 bits per heavy atom. The predicted octanol–water partition coefficient (Wildman–Crippen LogP) is 1.07. The summed E-state index contributed by atoms with van der Waals surface area (Å²) in [6.07, 6.45) is 0.899. The zero-order chi connectivity index (χ0) is 16.8. The van der Waals surface area contributed by atoms with Crippen molar-refractivity contribution < 1.29 is 19.1 Å². The van der Waals surface area contributed by atoms with Crippen LogP contribution in [0.2, 0.25) is 5.02 Å². The second kappa shape index (κ2) is 9.56. The van der Waals surface area contributed by atoms with Crippen LogP contribution < -0.4 is 20.5 Å². The number of nitrogens with one attached hydrogen (secondary N) is 1. The molecule has 1 aliphatic heterocycles. The smallest absolute Gasteiger partial charge is 0.255 e. The van der Waals surface area contributed by atoms with Gasteiger partial charge in [-0.15, -0.1) is 12.4 Å². The summed E-state index contributed by atoms with van der Waals surface area (Å²) in [5.74, 6) is -0.257. The Labute approximate surface area is 151 Å². The Morgan fingerprint density at radius 2 is 2.08 bits per heavy atom. The summed E-state index contributed by atoms with van der Waals surface area (Å²) >= 11 is 6.17. The Bertz CT molecular complexity index is 590. The molecule has 0 aromatic heterocycles. The lowest BCUT2D eigenvalue weighted by atomic mass is 10.1. The molecule has 24 heavy (non-hydrogen) atoms. The van der Waals surface area contributed by atoms with Crippen molar-refractivity contribution in [2.75, 3.05) is 39.9 Å². The van der Waals surface area contributed by atoms with Crippen molar-refractivity contribution in [2.24, 2.45) is 5.73 Å². The van der Waals surface area contributed by atoms with Gasteiger partial charge in [0.1, 0.15) is 0 Å². The van der Waals surface area contributed by atoms with E-state index in [0.29, 0.717) is 18.7 Å². The molecule has 3 N–H and O–H groups in total. The second-order valence-electron chi connectivity index (χ2n) is 5.14. The Balaban J connectivity index is 0.00000288. The molecule has 1 fully saturated rings. The van der Waals surface area contributed by atoms with E-state index in [9.17, 15) is 9.59 Å². The molecule has 0 unspecified atom stereocenters. The van der Waals surface area contributed by atoms with Gasteiger partial charge in [-0.25, -0.2) is 0 Å². The van der Waals surface area contributed by atoms with Gasteiger partial charge in [-0.2, -0.15) is 0 Å². The van der Waals surface area contributed by atoms with E-state index in [-0.39, 0.29) is 41.4 Å². The molecule has 2 rings (SSSR count). The van der Waals surface area contributed by atoms with E-state index in [1.54, 1.807) is 11.0 Å². The molecule has 1 aromatic rings. The van der Waals surface area contributed by atoms with Crippen LogP contribution in [0.25, 0.3) is 0 Å². The van der Waals surface area contributed by atoms with Crippen molar-refractivity contribution in [3.8, 4) is 11.5 Å². The molecule has 7 nitrogen and oxygen atoms in total. The summed E-state index contributed by atoms with van der Waals surface area (Å²) in [5, 5.41) is 3.44. The van der Waals surface area contributed by atoms with Gasteiger partial charge in [0.2, 0.25) is 0 Å². The normalized spacial score (nSPS) is 14.3. The SMILES string of the molecule is COc1cc(C(=O)N2CCCNCC2)cc(Cl)c1OCC(N)=O.Cl. The molecule has 134 valence electrons. The van der Waals surface area contributed by atoms with Gasteiger partial charge >= 0.3 is 0 Å². The van der Waals surface area contributed by atoms with E-state index in [1.165, 1.54) is 13.2 Å². The molecular weight excluding hydrogens is 357 g/mol. The van der Waals surface area contributed by atoms with Crippen molar-refractivity contribution in [1.29, 1.82) is 0 Å². The minimum absolute atomic E-state index is 0. The van der Waals surface area contributed by atoms with Gasteiger partial charge in [0.05, 0.1) is 12.1 Å². The molecule has 2 amide bonds. The topological polar surface area (TPSA) is 93.9 Å². The fourth-order valence-corrected chi connectivity index (χ4v) is 2.62. The average Bonchev–Trinajstić information content (AvgIpc) is 2.81. The number of hydrogen-bond acceptors (Lipinski definition) is 5. The lowest BCUT2D eigenvalue weighted by Crippen LogP contribution is -2.34. The van der Waals surface area contributed by atoms with Crippen molar-refractivity contribution in [3.05, 3.63) is 22.7 Å². The number of benzene rings is 1. The first kappa shape index (κ1) is 20.3. The number of halogens is 2. The van der Waals surface area contributed by atoms with E-state index in [2.05, 4.69) is 5.32 Å². The fourth-order valence-electron chi connectivity index (χ4n) is 2.36. The van der Waals surface area contributed by atoms with Crippen molar-refractivity contribution in [3.63, 3.8) is 0 Å². The van der Waals surface area contributed by atoms with Crippen LogP contribution in [0.15, 0.2) is 12.1 Å². The lowest BCUT2D eigenvalue weighted by molar-refractivity contribution is -0.119. The number of nitrogens with two attached hydrogens (primary N) is 1. The molecule has 9 heteroatoms. The summed E-state index contributed by atoms with van der Waals surface area (Å²) in [6.45, 7) is 2.66. The maximum atomic E-state index is 12.6. The minimum Gasteiger partial charge on any atom is -0.493 e. The Morgan fingerprint density at radius 3 is 2.75 bits per heavy atom. The summed E-state index contributed by atoms with van der Waals surface area (Å²) in [6, 6.07) is 3.07. The number of nitrogens with zero attached hydrogens (tertiary/aromatic N) is 1. The lowest BCUT2D eigenvalue weighted by Gasteiger charge is -2.21. The Kier molecular flexibility index (Phi) is 8.10. The molecule has 0 aliphatic carbocycles. The molecule has 0 atom stereocenters. The van der Waals surface area contributed by atoms with E-state index in [0.717, 1.165) is 19.5 Å². The van der Waals surface area contributed by atoms with E-state index >= 15 is 0 Å². The number of hydrogen-bond donors (Lipinski definition) is 2. The van der Waals surface area contributed by atoms with Crippen molar-refractivity contribution >= 4 is 35.8 Å². The zero-order valence-corrected chi connectivity index (χ0v) is 14.9. The molecule has 1 aliphatic rings. The standard InChI is InChI=1S/C15H20ClN3O4.ClH/c1-22-12-8-10(7-11(16)14(12)23-9-13(17)20)15(21)19-5-2-3-18-4-6-19;/h7-8,18H,2-6,9H2,1H3,(H2,17,20);1H. The monoisotopic (exact) mass is 377 g/mol. The third kappa shape index (κ3) is 5.15. The van der Waals surface area contributed by atoms with Gasteiger partial charge in [0.15, 0.2) is 18.1 Å². The predicted molar refractivity (Wildman–Crippen MR) is 93.3 cm³/mol. The first-order chi connectivity index (χ1) is 11.0. The third-order valence-corrected chi connectivity index (χ3v) is 3.74. The number of carbonyl (C=O) groups excluding carboxylic acids is 2. The van der Waals surface area contributed by atoms with Crippen LogP contribution in [-0.4, -0.2) is 56.6 Å². The first-order valence-electron chi connectivity index (χ1n) is 7.31. The number of methoxy groups -OCH3 is 1. The highest BCUT2D eigenvalue weighted by Crippen LogP contribution is 2.36. The van der Waals surface area contributed by atoms with Crippen molar-refractivity contribution in [2.45, 2.75) is 6.42 Å². The molecule has 0 radical (unpaired) electrons. The number of rotatable bonds is 5. The molecule has 0 bridgehead atoms. The molecule has 1 aromatic carbocycles. The van der Waals surface area contributed by atoms with Gasteiger partial charge < -0.3 is 25.4 Å². The van der Waals surface area contributed by atoms with Gasteiger partial charge in [-0.1, -0.05) is 11.6 Å². The van der Waals surface area contributed by atoms with Crippen molar-refractivity contribution in [1.82, 2.24) is 10.2 Å². The van der Waals surface area contributed by atoms with Crippen LogP contribution >= 0.6 is 24.0 Å². The summed E-state index contributed by atoms with van der Waals surface area (Å²) in [5.41, 5.74) is 5.47. The number of carbonyl (C=O) groups is 2. The largest absolute Gasteiger partial charge is 0.493 e. The fraction of sp³-hybridized carbons (Fsp3) is 0.467. The van der Waals surface area contributed by atoms with E-state index in [4.69, 9.17) is 26.8 Å². The number of amides is 2. The second-order valence-corrected chi connectivity index (χ2v) is 5.55. The molecule has 1 saturated heterocycles. The summed E-state index contributed by atoms with van der Waals surface area (Å²) < 4.78 is 10.5. The molecule has 0 saturated carbocycles. The summed E-state index contributed by atoms with van der Waals surface area (Å²) in [7, 11) is 1.44. The van der Waals surface area contributed by atoms with Crippen LogP contribution in [0.4, 0.5) is 0 Å². The summed E-state index contributed by atoms with van der Waals surface area (Å²) in [4.78, 5) is 25.2. The van der Waals surface area contributed by atoms with Gasteiger partial charge in [0, 0.05) is 25.2 Å². The van der Waals surface area contributed by atoms with E-state index < -0.39 is 5.91 Å². The highest BCUT2D eigenvalue weighted by Gasteiger charge is 2.21. The minimum atomic E-state index is -0.625. The van der Waals surface area contributed by atoms with Gasteiger partial charge in [0.25, 0.3) is 11.8 Å². The third-order valence-electron chi connectivity index (χ3n) is 3.46. The van der Waals surface area contributed by atoms with Gasteiger partial charge in [-0.05, 0) is 25.1 Å². The quantitative estimate of drug-likeness (QED) is 0.800. The van der Waals surface area contributed by atoms with Crippen LogP contribution in [0.5, 0.6) is 11.5 Å². The zero-order valence-electron chi connectivity index (χ0n) is 13.3. The maximum Gasteiger partial charge on any atom is 0.255 e. The van der Waals surface area contributed by atoms with Gasteiger partial charge in [-0.3, -0.25) is 9.59 Å². The van der Waals surface area contributed by atoms with Crippen LogP contribution in [0, 0.1) is 0 Å². The molecule has 1 heterocycles. The average molecular weight is 378 g/mol. The van der Waals surface area contributed by atoms with E-state index in [1.807, 2.05) is 0 Å². The Hall–Kier alpha value is -1.70. The van der Waals surface area contributed by atoms with Crippen LogP contribution in [0.3, 0.4) is 0 Å².